The van der Waals surface area contributed by atoms with Gasteiger partial charge in [-0.1, -0.05) is 37.6 Å². The molecule has 0 amide bonds. The van der Waals surface area contributed by atoms with Crippen molar-refractivity contribution in [2.45, 2.75) is 46.0 Å². The molecule has 0 heterocycles. The van der Waals surface area contributed by atoms with Crippen LogP contribution >= 0.6 is 0 Å². The summed E-state index contributed by atoms with van der Waals surface area (Å²) < 4.78 is 0. The number of fused-ring (bicyclic) bond motifs is 1. The van der Waals surface area contributed by atoms with E-state index in [1.54, 1.807) is 0 Å². The van der Waals surface area contributed by atoms with Crippen molar-refractivity contribution in [2.75, 3.05) is 6.61 Å². The largest absolute Gasteiger partial charge is 0.396 e. The average molecular weight is 220 g/mol. The molecule has 1 fully saturated rings. The quantitative estimate of drug-likeness (QED) is 0.704. The summed E-state index contributed by atoms with van der Waals surface area (Å²) in [6.45, 7) is 9.09. The van der Waals surface area contributed by atoms with Gasteiger partial charge in [0.15, 0.2) is 0 Å². The predicted molar refractivity (Wildman–Crippen MR) is 68.2 cm³/mol. The minimum absolute atomic E-state index is 0.280. The molecule has 1 heteroatoms. The van der Waals surface area contributed by atoms with E-state index in [-0.39, 0.29) is 6.61 Å². The SMILES string of the molecule is C=C1CCC[C@@]2(C)CC=C(C(C)CO)CC12. The van der Waals surface area contributed by atoms with Crippen LogP contribution in [0.2, 0.25) is 0 Å². The summed E-state index contributed by atoms with van der Waals surface area (Å²) in [6.07, 6.45) is 8.56. The highest BCUT2D eigenvalue weighted by Gasteiger charge is 2.40. The number of aliphatic hydroxyl groups is 1. The monoisotopic (exact) mass is 220 g/mol. The highest BCUT2D eigenvalue weighted by Crippen LogP contribution is 2.52. The van der Waals surface area contributed by atoms with Crippen molar-refractivity contribution in [3.05, 3.63) is 23.8 Å². The lowest BCUT2D eigenvalue weighted by Gasteiger charge is -2.46. The summed E-state index contributed by atoms with van der Waals surface area (Å²) in [5.41, 5.74) is 3.35. The van der Waals surface area contributed by atoms with E-state index in [4.69, 9.17) is 0 Å². The van der Waals surface area contributed by atoms with E-state index < -0.39 is 0 Å². The van der Waals surface area contributed by atoms with Crippen LogP contribution < -0.4 is 0 Å². The molecule has 0 aliphatic heterocycles. The third kappa shape index (κ3) is 1.98. The molecule has 0 spiro atoms. The molecule has 0 bridgehead atoms. The number of allylic oxidation sites excluding steroid dienone is 2. The molecule has 0 radical (unpaired) electrons. The normalized spacial score (nSPS) is 36.6. The molecule has 2 rings (SSSR count). The standard InChI is InChI=1S/C15H24O/c1-11-5-4-7-15(3)8-6-13(9-14(11)15)12(2)10-16/h6,12,14,16H,1,4-5,7-10H2,2-3H3/t12?,14?,15-/m0/s1. The van der Waals surface area contributed by atoms with Crippen LogP contribution in [0.3, 0.4) is 0 Å². The van der Waals surface area contributed by atoms with Crippen molar-refractivity contribution >= 4 is 0 Å². The van der Waals surface area contributed by atoms with Gasteiger partial charge in [-0.05, 0) is 43.4 Å². The van der Waals surface area contributed by atoms with Crippen LogP contribution in [0.4, 0.5) is 0 Å². The molecular formula is C15H24O. The molecule has 1 saturated carbocycles. The minimum atomic E-state index is 0.280. The lowest BCUT2D eigenvalue weighted by atomic mass is 9.59. The maximum absolute atomic E-state index is 9.25. The molecular weight excluding hydrogens is 196 g/mol. The molecule has 2 unspecified atom stereocenters. The third-order valence-corrected chi connectivity index (χ3v) is 4.76. The zero-order valence-corrected chi connectivity index (χ0v) is 10.6. The summed E-state index contributed by atoms with van der Waals surface area (Å²) in [7, 11) is 0. The molecule has 0 aromatic carbocycles. The predicted octanol–water partition coefficient (Wildman–Crippen LogP) is 3.70. The minimum Gasteiger partial charge on any atom is -0.396 e. The molecule has 0 aromatic rings. The molecule has 2 aliphatic rings. The van der Waals surface area contributed by atoms with Crippen LogP contribution in [0.1, 0.15) is 46.0 Å². The molecule has 1 N–H and O–H groups in total. The summed E-state index contributed by atoms with van der Waals surface area (Å²) >= 11 is 0. The van der Waals surface area contributed by atoms with Gasteiger partial charge in [0.05, 0.1) is 0 Å². The van der Waals surface area contributed by atoms with Gasteiger partial charge in [-0.3, -0.25) is 0 Å². The Labute approximate surface area is 99.3 Å². The van der Waals surface area contributed by atoms with Crippen LogP contribution in [-0.2, 0) is 0 Å². The second kappa shape index (κ2) is 4.37. The molecule has 90 valence electrons. The Morgan fingerprint density at radius 3 is 3.06 bits per heavy atom. The first-order valence-electron chi connectivity index (χ1n) is 6.54. The lowest BCUT2D eigenvalue weighted by molar-refractivity contribution is 0.147. The van der Waals surface area contributed by atoms with E-state index in [0.717, 1.165) is 6.42 Å². The maximum atomic E-state index is 9.25. The van der Waals surface area contributed by atoms with Gasteiger partial charge in [0.25, 0.3) is 0 Å². The van der Waals surface area contributed by atoms with Crippen molar-refractivity contribution < 1.29 is 5.11 Å². The Balaban J connectivity index is 2.19. The smallest absolute Gasteiger partial charge is 0.0493 e. The van der Waals surface area contributed by atoms with E-state index in [0.29, 0.717) is 17.3 Å². The number of rotatable bonds is 2. The molecule has 16 heavy (non-hydrogen) atoms. The Kier molecular flexibility index (Phi) is 3.25. The second-order valence-electron chi connectivity index (χ2n) is 5.99. The van der Waals surface area contributed by atoms with Gasteiger partial charge in [0.2, 0.25) is 0 Å². The van der Waals surface area contributed by atoms with E-state index in [2.05, 4.69) is 26.5 Å². The van der Waals surface area contributed by atoms with E-state index in [1.807, 2.05) is 0 Å². The first-order valence-corrected chi connectivity index (χ1v) is 6.54. The summed E-state index contributed by atoms with van der Waals surface area (Å²) in [4.78, 5) is 0. The molecule has 3 atom stereocenters. The van der Waals surface area contributed by atoms with E-state index in [9.17, 15) is 5.11 Å². The van der Waals surface area contributed by atoms with Gasteiger partial charge in [-0.15, -0.1) is 0 Å². The third-order valence-electron chi connectivity index (χ3n) is 4.76. The van der Waals surface area contributed by atoms with Crippen molar-refractivity contribution in [1.29, 1.82) is 0 Å². The lowest BCUT2D eigenvalue weighted by Crippen LogP contribution is -2.35. The first-order chi connectivity index (χ1) is 7.57. The maximum Gasteiger partial charge on any atom is 0.0493 e. The fourth-order valence-corrected chi connectivity index (χ4v) is 3.40. The fourth-order valence-electron chi connectivity index (χ4n) is 3.40. The van der Waals surface area contributed by atoms with E-state index >= 15 is 0 Å². The zero-order chi connectivity index (χ0) is 11.8. The number of hydrogen-bond donors (Lipinski definition) is 1. The van der Waals surface area contributed by atoms with Gasteiger partial charge in [-0.25, -0.2) is 0 Å². The van der Waals surface area contributed by atoms with Crippen LogP contribution in [0.25, 0.3) is 0 Å². The molecule has 1 nitrogen and oxygen atoms in total. The first kappa shape index (κ1) is 11.9. The molecule has 2 aliphatic carbocycles. The second-order valence-corrected chi connectivity index (χ2v) is 5.99. The van der Waals surface area contributed by atoms with Crippen molar-refractivity contribution in [3.63, 3.8) is 0 Å². The highest BCUT2D eigenvalue weighted by atomic mass is 16.3. The highest BCUT2D eigenvalue weighted by molar-refractivity contribution is 5.22. The molecule has 0 saturated heterocycles. The van der Waals surface area contributed by atoms with Gasteiger partial charge >= 0.3 is 0 Å². The number of aliphatic hydroxyl groups excluding tert-OH is 1. The summed E-state index contributed by atoms with van der Waals surface area (Å²) in [6, 6.07) is 0. The van der Waals surface area contributed by atoms with Gasteiger partial charge < -0.3 is 5.11 Å². The van der Waals surface area contributed by atoms with Crippen LogP contribution in [0.15, 0.2) is 23.8 Å². The van der Waals surface area contributed by atoms with Crippen LogP contribution in [-0.4, -0.2) is 11.7 Å². The Morgan fingerprint density at radius 1 is 1.62 bits per heavy atom. The Bertz CT molecular complexity index is 315. The summed E-state index contributed by atoms with van der Waals surface area (Å²) in [5, 5.41) is 9.25. The Morgan fingerprint density at radius 2 is 2.38 bits per heavy atom. The Hall–Kier alpha value is -0.560. The van der Waals surface area contributed by atoms with Crippen LogP contribution in [0.5, 0.6) is 0 Å². The van der Waals surface area contributed by atoms with Crippen molar-refractivity contribution in [1.82, 2.24) is 0 Å². The van der Waals surface area contributed by atoms with Gasteiger partial charge in [-0.2, -0.15) is 0 Å². The van der Waals surface area contributed by atoms with Gasteiger partial charge in [0, 0.05) is 12.5 Å². The number of hydrogen-bond acceptors (Lipinski definition) is 1. The van der Waals surface area contributed by atoms with Crippen molar-refractivity contribution in [3.8, 4) is 0 Å². The van der Waals surface area contributed by atoms with E-state index in [1.165, 1.54) is 36.8 Å². The molecule has 0 aromatic heterocycles. The van der Waals surface area contributed by atoms with Crippen LogP contribution in [0, 0.1) is 17.3 Å². The average Bonchev–Trinajstić information content (AvgIpc) is 2.27. The zero-order valence-electron chi connectivity index (χ0n) is 10.6. The fraction of sp³-hybridized carbons (Fsp3) is 0.733. The topological polar surface area (TPSA) is 20.2 Å². The summed E-state index contributed by atoms with van der Waals surface area (Å²) in [5.74, 6) is 0.995. The van der Waals surface area contributed by atoms with Gasteiger partial charge in [0.1, 0.15) is 0 Å². The van der Waals surface area contributed by atoms with Crippen molar-refractivity contribution in [2.24, 2.45) is 17.3 Å².